The van der Waals surface area contributed by atoms with Gasteiger partial charge in [-0.05, 0) is 42.7 Å². The number of amides is 2. The molecule has 0 bridgehead atoms. The molecule has 0 fully saturated rings. The molecule has 0 aliphatic carbocycles. The Balaban J connectivity index is 1.57. The minimum atomic E-state index is -0.606. The largest absolute Gasteiger partial charge is 0.497 e. The minimum Gasteiger partial charge on any atom is -0.497 e. The van der Waals surface area contributed by atoms with Gasteiger partial charge < -0.3 is 15.0 Å². The van der Waals surface area contributed by atoms with E-state index in [-0.39, 0.29) is 11.8 Å². The molecule has 3 rings (SSSR count). The van der Waals surface area contributed by atoms with Gasteiger partial charge in [-0.25, -0.2) is 4.98 Å². The summed E-state index contributed by atoms with van der Waals surface area (Å²) in [7, 11) is 1.61. The molecule has 29 heavy (non-hydrogen) atoms. The van der Waals surface area contributed by atoms with Crippen LogP contribution in [-0.2, 0) is 16.0 Å². The highest BCUT2D eigenvalue weighted by molar-refractivity contribution is 5.97. The lowest BCUT2D eigenvalue weighted by Crippen LogP contribution is -2.44. The molecular formula is C22H26N4O3. The Morgan fingerprint density at radius 2 is 2.00 bits per heavy atom. The Hall–Kier alpha value is -3.35. The quantitative estimate of drug-likeness (QED) is 0.518. The standard InChI is InChI=1S/C22H26N4O3/c1-3-7-19(21(28)26-22-24-17-10-4-5-11-18(17)25-22)23-20(27)13-12-15-8-6-9-16(14-15)29-2/h4-6,8-11,14,19H,3,7,12-13H2,1-2H3,(H,23,27)(H2,24,25,26,28). The van der Waals surface area contributed by atoms with Gasteiger partial charge in [-0.15, -0.1) is 0 Å². The van der Waals surface area contributed by atoms with E-state index in [2.05, 4.69) is 20.6 Å². The van der Waals surface area contributed by atoms with Crippen molar-refractivity contribution in [3.8, 4) is 5.75 Å². The lowest BCUT2D eigenvalue weighted by Gasteiger charge is -2.17. The Morgan fingerprint density at radius 3 is 2.76 bits per heavy atom. The molecule has 1 aromatic heterocycles. The second kappa shape index (κ2) is 9.73. The van der Waals surface area contributed by atoms with Crippen molar-refractivity contribution >= 4 is 28.8 Å². The fraction of sp³-hybridized carbons (Fsp3) is 0.318. The summed E-state index contributed by atoms with van der Waals surface area (Å²) in [6, 6.07) is 14.6. The number of imidazole rings is 1. The molecule has 0 aliphatic rings. The topological polar surface area (TPSA) is 96.1 Å². The number of H-pyrrole nitrogens is 1. The van der Waals surface area contributed by atoms with Crippen LogP contribution in [0.2, 0.25) is 0 Å². The van der Waals surface area contributed by atoms with Crippen LogP contribution in [0.4, 0.5) is 5.95 Å². The summed E-state index contributed by atoms with van der Waals surface area (Å²) in [6.45, 7) is 1.98. The number of ether oxygens (including phenoxy) is 1. The number of carbonyl (C=O) groups excluding carboxylic acids is 2. The van der Waals surface area contributed by atoms with Crippen LogP contribution in [0.3, 0.4) is 0 Å². The normalized spacial score (nSPS) is 11.8. The van der Waals surface area contributed by atoms with E-state index in [1.165, 1.54) is 0 Å². The summed E-state index contributed by atoms with van der Waals surface area (Å²) in [6.07, 6.45) is 2.20. The predicted molar refractivity (Wildman–Crippen MR) is 113 cm³/mol. The Labute approximate surface area is 169 Å². The summed E-state index contributed by atoms with van der Waals surface area (Å²) >= 11 is 0. The molecule has 152 valence electrons. The number of aromatic nitrogens is 2. The maximum absolute atomic E-state index is 12.7. The monoisotopic (exact) mass is 394 g/mol. The van der Waals surface area contributed by atoms with Gasteiger partial charge in [0.05, 0.1) is 18.1 Å². The maximum Gasteiger partial charge on any atom is 0.249 e. The van der Waals surface area contributed by atoms with E-state index in [0.717, 1.165) is 28.8 Å². The highest BCUT2D eigenvalue weighted by atomic mass is 16.5. The fourth-order valence-electron chi connectivity index (χ4n) is 3.13. The molecule has 7 nitrogen and oxygen atoms in total. The Kier molecular flexibility index (Phi) is 6.84. The average Bonchev–Trinajstić information content (AvgIpc) is 3.14. The van der Waals surface area contributed by atoms with E-state index in [9.17, 15) is 9.59 Å². The first-order chi connectivity index (χ1) is 14.1. The van der Waals surface area contributed by atoms with Gasteiger partial charge in [0.2, 0.25) is 17.8 Å². The number of hydrogen-bond acceptors (Lipinski definition) is 4. The number of para-hydroxylation sites is 2. The molecule has 0 aliphatic heterocycles. The van der Waals surface area contributed by atoms with Crippen LogP contribution in [0.1, 0.15) is 31.7 Å². The van der Waals surface area contributed by atoms with Gasteiger partial charge in [-0.3, -0.25) is 14.9 Å². The number of hydrogen-bond donors (Lipinski definition) is 3. The maximum atomic E-state index is 12.7. The lowest BCUT2D eigenvalue weighted by atomic mass is 10.1. The highest BCUT2D eigenvalue weighted by Crippen LogP contribution is 2.15. The number of rotatable bonds is 9. The van der Waals surface area contributed by atoms with Crippen LogP contribution < -0.4 is 15.4 Å². The van der Waals surface area contributed by atoms with Crippen LogP contribution >= 0.6 is 0 Å². The number of aryl methyl sites for hydroxylation is 1. The van der Waals surface area contributed by atoms with Crippen molar-refractivity contribution in [3.05, 3.63) is 54.1 Å². The molecule has 2 amide bonds. The van der Waals surface area contributed by atoms with Crippen molar-refractivity contribution in [2.45, 2.75) is 38.6 Å². The van der Waals surface area contributed by atoms with Crippen LogP contribution in [0.5, 0.6) is 5.75 Å². The summed E-state index contributed by atoms with van der Waals surface area (Å²) in [5.41, 5.74) is 2.63. The van der Waals surface area contributed by atoms with E-state index in [1.54, 1.807) is 7.11 Å². The zero-order chi connectivity index (χ0) is 20.6. The van der Waals surface area contributed by atoms with Crippen molar-refractivity contribution in [3.63, 3.8) is 0 Å². The third kappa shape index (κ3) is 5.57. The average molecular weight is 394 g/mol. The number of methoxy groups -OCH3 is 1. The minimum absolute atomic E-state index is 0.161. The molecule has 7 heteroatoms. The number of nitrogens with zero attached hydrogens (tertiary/aromatic N) is 1. The van der Waals surface area contributed by atoms with Crippen molar-refractivity contribution in [2.75, 3.05) is 12.4 Å². The number of aromatic amines is 1. The van der Waals surface area contributed by atoms with Gasteiger partial charge >= 0.3 is 0 Å². The molecule has 1 atom stereocenters. The highest BCUT2D eigenvalue weighted by Gasteiger charge is 2.21. The number of benzene rings is 2. The Bertz CT molecular complexity index is 950. The first kappa shape index (κ1) is 20.4. The van der Waals surface area contributed by atoms with Crippen LogP contribution in [0, 0.1) is 0 Å². The van der Waals surface area contributed by atoms with E-state index < -0.39 is 6.04 Å². The van der Waals surface area contributed by atoms with Crippen LogP contribution in [-0.4, -0.2) is 34.9 Å². The van der Waals surface area contributed by atoms with Gasteiger partial charge in [0.1, 0.15) is 11.8 Å². The first-order valence-electron chi connectivity index (χ1n) is 9.77. The van der Waals surface area contributed by atoms with E-state index in [1.807, 2.05) is 55.5 Å². The summed E-state index contributed by atoms with van der Waals surface area (Å²) in [5.74, 6) is 0.701. The number of nitrogens with one attached hydrogen (secondary N) is 3. The van der Waals surface area contributed by atoms with Crippen molar-refractivity contribution in [1.29, 1.82) is 0 Å². The number of anilines is 1. The second-order valence-corrected chi connectivity index (χ2v) is 6.85. The smallest absolute Gasteiger partial charge is 0.249 e. The van der Waals surface area contributed by atoms with Crippen molar-refractivity contribution in [1.82, 2.24) is 15.3 Å². The molecular weight excluding hydrogens is 368 g/mol. The number of carbonyl (C=O) groups is 2. The molecule has 0 saturated heterocycles. The third-order valence-corrected chi connectivity index (χ3v) is 4.63. The third-order valence-electron chi connectivity index (χ3n) is 4.63. The van der Waals surface area contributed by atoms with Crippen molar-refractivity contribution in [2.24, 2.45) is 0 Å². The van der Waals surface area contributed by atoms with Crippen molar-refractivity contribution < 1.29 is 14.3 Å². The molecule has 0 saturated carbocycles. The van der Waals surface area contributed by atoms with Gasteiger partial charge in [0, 0.05) is 6.42 Å². The second-order valence-electron chi connectivity index (χ2n) is 6.85. The van der Waals surface area contributed by atoms with Gasteiger partial charge in [0.15, 0.2) is 0 Å². The SMILES string of the molecule is CCCC(NC(=O)CCc1cccc(OC)c1)C(=O)Nc1nc2ccccc2[nH]1. The number of fused-ring (bicyclic) bond motifs is 1. The van der Waals surface area contributed by atoms with E-state index in [4.69, 9.17) is 4.74 Å². The zero-order valence-corrected chi connectivity index (χ0v) is 16.7. The Morgan fingerprint density at radius 1 is 1.17 bits per heavy atom. The van der Waals surface area contributed by atoms with Gasteiger partial charge in [0.25, 0.3) is 0 Å². The molecule has 0 radical (unpaired) electrons. The zero-order valence-electron chi connectivity index (χ0n) is 16.7. The first-order valence-corrected chi connectivity index (χ1v) is 9.77. The fourth-order valence-corrected chi connectivity index (χ4v) is 3.13. The van der Waals surface area contributed by atoms with Gasteiger partial charge in [-0.2, -0.15) is 0 Å². The molecule has 3 aromatic rings. The summed E-state index contributed by atoms with van der Waals surface area (Å²) < 4.78 is 5.21. The van der Waals surface area contributed by atoms with Gasteiger partial charge in [-0.1, -0.05) is 37.6 Å². The lowest BCUT2D eigenvalue weighted by molar-refractivity contribution is -0.126. The summed E-state index contributed by atoms with van der Waals surface area (Å²) in [5, 5.41) is 5.62. The molecule has 0 spiro atoms. The molecule has 1 heterocycles. The van der Waals surface area contributed by atoms with Crippen LogP contribution in [0.25, 0.3) is 11.0 Å². The van der Waals surface area contributed by atoms with E-state index >= 15 is 0 Å². The van der Waals surface area contributed by atoms with E-state index in [0.29, 0.717) is 25.2 Å². The summed E-state index contributed by atoms with van der Waals surface area (Å²) in [4.78, 5) is 32.5. The predicted octanol–water partition coefficient (Wildman–Crippen LogP) is 3.43. The molecule has 3 N–H and O–H groups in total. The van der Waals surface area contributed by atoms with Crippen LogP contribution in [0.15, 0.2) is 48.5 Å². The molecule has 1 unspecified atom stereocenters. The molecule has 2 aromatic carbocycles.